The zero-order chi connectivity index (χ0) is 21.2. The molecular weight excluding hydrogens is 392 g/mol. The number of carbonyl (C=O) groups excluding carboxylic acids is 1. The monoisotopic (exact) mass is 418 g/mol. The van der Waals surface area contributed by atoms with E-state index in [2.05, 4.69) is 44.5 Å². The number of benzene rings is 1. The van der Waals surface area contributed by atoms with E-state index in [1.165, 1.54) is 5.56 Å². The SMILES string of the molecule is Cc1ccc(CNC(=O)N2CCN(c3ncccc3-c3nnc(C4CC4)o3)CC2)cc1. The third-order valence-corrected chi connectivity index (χ3v) is 5.82. The number of amides is 2. The predicted octanol–water partition coefficient (Wildman–Crippen LogP) is 3.35. The fraction of sp³-hybridized carbons (Fsp3) is 0.391. The largest absolute Gasteiger partial charge is 0.420 e. The van der Waals surface area contributed by atoms with E-state index in [1.807, 2.05) is 29.2 Å². The third-order valence-electron chi connectivity index (χ3n) is 5.82. The van der Waals surface area contributed by atoms with Gasteiger partial charge in [-0.2, -0.15) is 0 Å². The molecule has 2 aliphatic rings. The van der Waals surface area contributed by atoms with Gasteiger partial charge >= 0.3 is 6.03 Å². The van der Waals surface area contributed by atoms with Gasteiger partial charge in [0.05, 0.1) is 5.56 Å². The molecule has 8 nitrogen and oxygen atoms in total. The van der Waals surface area contributed by atoms with Gasteiger partial charge in [-0.15, -0.1) is 10.2 Å². The molecule has 1 aliphatic heterocycles. The first-order chi connectivity index (χ1) is 15.2. The first kappa shape index (κ1) is 19.5. The lowest BCUT2D eigenvalue weighted by atomic mass is 10.1. The molecule has 8 heteroatoms. The number of carbonyl (C=O) groups is 1. The number of nitrogens with zero attached hydrogens (tertiary/aromatic N) is 5. The minimum absolute atomic E-state index is 0.0348. The van der Waals surface area contributed by atoms with E-state index in [9.17, 15) is 4.79 Å². The molecule has 1 saturated heterocycles. The second kappa shape index (κ2) is 8.37. The number of hydrogen-bond acceptors (Lipinski definition) is 6. The van der Waals surface area contributed by atoms with Crippen LogP contribution in [0.2, 0.25) is 0 Å². The van der Waals surface area contributed by atoms with E-state index in [0.29, 0.717) is 44.5 Å². The molecule has 31 heavy (non-hydrogen) atoms. The van der Waals surface area contributed by atoms with Crippen LogP contribution in [-0.4, -0.2) is 52.3 Å². The lowest BCUT2D eigenvalue weighted by Crippen LogP contribution is -2.52. The van der Waals surface area contributed by atoms with Crippen LogP contribution in [-0.2, 0) is 6.54 Å². The number of hydrogen-bond donors (Lipinski definition) is 1. The number of rotatable bonds is 5. The number of nitrogens with one attached hydrogen (secondary N) is 1. The molecule has 0 atom stereocenters. The lowest BCUT2D eigenvalue weighted by molar-refractivity contribution is 0.194. The lowest BCUT2D eigenvalue weighted by Gasteiger charge is -2.35. The molecule has 5 rings (SSSR count). The Morgan fingerprint density at radius 2 is 1.87 bits per heavy atom. The molecule has 2 amide bonds. The molecule has 2 aromatic heterocycles. The van der Waals surface area contributed by atoms with E-state index in [1.54, 1.807) is 6.20 Å². The van der Waals surface area contributed by atoms with Gasteiger partial charge in [0.1, 0.15) is 5.82 Å². The highest BCUT2D eigenvalue weighted by Gasteiger charge is 2.30. The van der Waals surface area contributed by atoms with Gasteiger partial charge in [-0.25, -0.2) is 9.78 Å². The molecule has 1 aromatic carbocycles. The van der Waals surface area contributed by atoms with Crippen molar-refractivity contribution < 1.29 is 9.21 Å². The average molecular weight is 419 g/mol. The summed E-state index contributed by atoms with van der Waals surface area (Å²) in [6, 6.07) is 12.0. The van der Waals surface area contributed by atoms with Crippen LogP contribution < -0.4 is 10.2 Å². The van der Waals surface area contributed by atoms with Gasteiger partial charge in [0, 0.05) is 44.8 Å². The van der Waals surface area contributed by atoms with E-state index in [0.717, 1.165) is 35.7 Å². The summed E-state index contributed by atoms with van der Waals surface area (Å²) in [4.78, 5) is 21.2. The summed E-state index contributed by atoms with van der Waals surface area (Å²) >= 11 is 0. The molecule has 1 N–H and O–H groups in total. The number of piperazine rings is 1. The quantitative estimate of drug-likeness (QED) is 0.684. The third kappa shape index (κ3) is 4.38. The molecule has 3 aromatic rings. The normalized spacial score (nSPS) is 16.4. The molecule has 0 spiro atoms. The average Bonchev–Trinajstić information content (AvgIpc) is 3.55. The Morgan fingerprint density at radius 1 is 1.10 bits per heavy atom. The number of urea groups is 1. The van der Waals surface area contributed by atoms with Crippen LogP contribution in [0.3, 0.4) is 0 Å². The second-order valence-electron chi connectivity index (χ2n) is 8.21. The summed E-state index contributed by atoms with van der Waals surface area (Å²) < 4.78 is 5.90. The van der Waals surface area contributed by atoms with Gasteiger partial charge in [-0.1, -0.05) is 29.8 Å². The Hall–Kier alpha value is -3.42. The standard InChI is InChI=1S/C23H26N6O2/c1-16-4-6-17(7-5-16)15-25-23(30)29-13-11-28(12-14-29)20-19(3-2-10-24-20)22-27-26-21(31-22)18-8-9-18/h2-7,10,18H,8-9,11-15H2,1H3,(H,25,30). The van der Waals surface area contributed by atoms with E-state index in [4.69, 9.17) is 4.42 Å². The summed E-state index contributed by atoms with van der Waals surface area (Å²) in [5, 5.41) is 11.5. The van der Waals surface area contributed by atoms with Crippen molar-refractivity contribution in [3.8, 4) is 11.5 Å². The molecule has 2 fully saturated rings. The molecular formula is C23H26N6O2. The predicted molar refractivity (Wildman–Crippen MR) is 117 cm³/mol. The number of pyridine rings is 1. The van der Waals surface area contributed by atoms with E-state index < -0.39 is 0 Å². The molecule has 1 aliphatic carbocycles. The smallest absolute Gasteiger partial charge is 0.317 e. The Bertz CT molecular complexity index is 1050. The summed E-state index contributed by atoms with van der Waals surface area (Å²) in [7, 11) is 0. The van der Waals surface area contributed by atoms with Crippen LogP contribution in [0.1, 0.15) is 35.8 Å². The van der Waals surface area contributed by atoms with Crippen molar-refractivity contribution in [3.05, 3.63) is 59.6 Å². The maximum Gasteiger partial charge on any atom is 0.317 e. The molecule has 0 unspecified atom stereocenters. The van der Waals surface area contributed by atoms with Crippen LogP contribution in [0.15, 0.2) is 47.0 Å². The summed E-state index contributed by atoms with van der Waals surface area (Å²) in [6.07, 6.45) is 4.02. The summed E-state index contributed by atoms with van der Waals surface area (Å²) in [5.74, 6) is 2.49. The Labute approximate surface area is 181 Å². The van der Waals surface area contributed by atoms with Crippen molar-refractivity contribution in [2.24, 2.45) is 0 Å². The number of anilines is 1. The van der Waals surface area contributed by atoms with Crippen LogP contribution in [0.25, 0.3) is 11.5 Å². The van der Waals surface area contributed by atoms with Gasteiger partial charge in [-0.3, -0.25) is 0 Å². The van der Waals surface area contributed by atoms with Crippen LogP contribution in [0.4, 0.5) is 10.6 Å². The fourth-order valence-electron chi connectivity index (χ4n) is 3.77. The Kier molecular flexibility index (Phi) is 5.28. The summed E-state index contributed by atoms with van der Waals surface area (Å²) in [5.41, 5.74) is 3.16. The fourth-order valence-corrected chi connectivity index (χ4v) is 3.77. The minimum atomic E-state index is -0.0348. The Morgan fingerprint density at radius 3 is 2.61 bits per heavy atom. The van der Waals surface area contributed by atoms with Crippen molar-refractivity contribution in [3.63, 3.8) is 0 Å². The number of aromatic nitrogens is 3. The highest BCUT2D eigenvalue weighted by molar-refractivity contribution is 5.75. The first-order valence-electron chi connectivity index (χ1n) is 10.8. The Balaban J connectivity index is 1.20. The molecule has 160 valence electrons. The minimum Gasteiger partial charge on any atom is -0.420 e. The maximum absolute atomic E-state index is 12.6. The second-order valence-corrected chi connectivity index (χ2v) is 8.21. The molecule has 3 heterocycles. The van der Waals surface area contributed by atoms with Crippen molar-refractivity contribution in [1.29, 1.82) is 0 Å². The maximum atomic E-state index is 12.6. The zero-order valence-corrected chi connectivity index (χ0v) is 17.6. The molecule has 1 saturated carbocycles. The highest BCUT2D eigenvalue weighted by atomic mass is 16.4. The van der Waals surface area contributed by atoms with Crippen LogP contribution in [0, 0.1) is 6.92 Å². The summed E-state index contributed by atoms with van der Waals surface area (Å²) in [6.45, 7) is 5.25. The van der Waals surface area contributed by atoms with Gasteiger partial charge in [0.25, 0.3) is 5.89 Å². The van der Waals surface area contributed by atoms with Crippen LogP contribution in [0.5, 0.6) is 0 Å². The first-order valence-corrected chi connectivity index (χ1v) is 10.8. The van der Waals surface area contributed by atoms with Gasteiger partial charge in [-0.05, 0) is 37.5 Å². The topological polar surface area (TPSA) is 87.4 Å². The molecule has 0 bridgehead atoms. The van der Waals surface area contributed by atoms with E-state index >= 15 is 0 Å². The van der Waals surface area contributed by atoms with Crippen molar-refractivity contribution in [2.75, 3.05) is 31.1 Å². The van der Waals surface area contributed by atoms with Crippen molar-refractivity contribution in [2.45, 2.75) is 32.2 Å². The van der Waals surface area contributed by atoms with E-state index in [-0.39, 0.29) is 6.03 Å². The molecule has 0 radical (unpaired) electrons. The van der Waals surface area contributed by atoms with Gasteiger partial charge in [0.2, 0.25) is 5.89 Å². The van der Waals surface area contributed by atoms with Gasteiger partial charge in [0.15, 0.2) is 0 Å². The highest BCUT2D eigenvalue weighted by Crippen LogP contribution is 2.40. The number of aryl methyl sites for hydroxylation is 1. The van der Waals surface area contributed by atoms with Crippen molar-refractivity contribution >= 4 is 11.8 Å². The van der Waals surface area contributed by atoms with Crippen LogP contribution >= 0.6 is 0 Å². The van der Waals surface area contributed by atoms with Gasteiger partial charge < -0.3 is 19.5 Å². The van der Waals surface area contributed by atoms with Crippen molar-refractivity contribution in [1.82, 2.24) is 25.4 Å². The zero-order valence-electron chi connectivity index (χ0n) is 17.6.